The van der Waals surface area contributed by atoms with Crippen molar-refractivity contribution in [2.75, 3.05) is 13.1 Å². The SMILES string of the molecule is [CH2]C1NCCN1. The van der Waals surface area contributed by atoms with Crippen molar-refractivity contribution in [3.63, 3.8) is 0 Å². The molecule has 0 spiro atoms. The van der Waals surface area contributed by atoms with Gasteiger partial charge in [-0.15, -0.1) is 0 Å². The third-order valence-corrected chi connectivity index (χ3v) is 0.906. The molecule has 1 aliphatic rings. The van der Waals surface area contributed by atoms with Gasteiger partial charge in [-0.25, -0.2) is 0 Å². The van der Waals surface area contributed by atoms with E-state index < -0.39 is 0 Å². The number of hydrogen-bond acceptors (Lipinski definition) is 2. The molecule has 2 N–H and O–H groups in total. The third-order valence-electron chi connectivity index (χ3n) is 0.906. The molecule has 0 unspecified atom stereocenters. The molecule has 0 aromatic rings. The second-order valence-electron chi connectivity index (χ2n) is 1.46. The molecule has 0 atom stereocenters. The molecule has 1 rings (SSSR count). The number of hydrogen-bond donors (Lipinski definition) is 2. The zero-order valence-electron chi connectivity index (χ0n) is 3.70. The Hall–Kier alpha value is -0.0800. The van der Waals surface area contributed by atoms with E-state index in [0.29, 0.717) is 6.17 Å². The van der Waals surface area contributed by atoms with Crippen molar-refractivity contribution >= 4 is 0 Å². The fraction of sp³-hybridized carbons (Fsp3) is 0.750. The second-order valence-corrected chi connectivity index (χ2v) is 1.46. The Morgan fingerprint density at radius 3 is 2.00 bits per heavy atom. The molecule has 0 saturated carbocycles. The molecule has 35 valence electrons. The zero-order chi connectivity index (χ0) is 4.41. The summed E-state index contributed by atoms with van der Waals surface area (Å²) in [5.41, 5.74) is 0. The molecular weight excluding hydrogens is 76.1 g/mol. The molecule has 0 aromatic carbocycles. The number of nitrogens with one attached hydrogen (secondary N) is 2. The van der Waals surface area contributed by atoms with Crippen molar-refractivity contribution in [2.24, 2.45) is 0 Å². The van der Waals surface area contributed by atoms with E-state index in [4.69, 9.17) is 0 Å². The minimum atomic E-state index is 0.296. The van der Waals surface area contributed by atoms with Gasteiger partial charge >= 0.3 is 0 Å². The molecule has 1 heterocycles. The summed E-state index contributed by atoms with van der Waals surface area (Å²) in [7, 11) is 0. The van der Waals surface area contributed by atoms with E-state index >= 15 is 0 Å². The smallest absolute Gasteiger partial charge is 0.0573 e. The van der Waals surface area contributed by atoms with E-state index in [2.05, 4.69) is 17.6 Å². The maximum Gasteiger partial charge on any atom is 0.0573 e. The lowest BCUT2D eigenvalue weighted by molar-refractivity contribution is 0.662. The summed E-state index contributed by atoms with van der Waals surface area (Å²) >= 11 is 0. The Labute approximate surface area is 37.9 Å². The Morgan fingerprint density at radius 1 is 1.33 bits per heavy atom. The van der Waals surface area contributed by atoms with Gasteiger partial charge in [0.15, 0.2) is 0 Å². The quantitative estimate of drug-likeness (QED) is 0.408. The van der Waals surface area contributed by atoms with Gasteiger partial charge in [-0.1, -0.05) is 0 Å². The van der Waals surface area contributed by atoms with E-state index in [0.717, 1.165) is 13.1 Å². The molecule has 0 amide bonds. The molecule has 0 aromatic heterocycles. The van der Waals surface area contributed by atoms with E-state index in [1.165, 1.54) is 0 Å². The molecule has 1 radical (unpaired) electrons. The van der Waals surface area contributed by atoms with Crippen LogP contribution in [0.5, 0.6) is 0 Å². The summed E-state index contributed by atoms with van der Waals surface area (Å²) in [6.45, 7) is 5.84. The van der Waals surface area contributed by atoms with Gasteiger partial charge in [-0.05, 0) is 6.92 Å². The average molecular weight is 85.1 g/mol. The molecule has 2 nitrogen and oxygen atoms in total. The van der Waals surface area contributed by atoms with E-state index in [9.17, 15) is 0 Å². The lowest BCUT2D eigenvalue weighted by Gasteiger charge is -1.96. The fourth-order valence-corrected chi connectivity index (χ4v) is 0.565. The first-order valence-corrected chi connectivity index (χ1v) is 2.19. The summed E-state index contributed by atoms with van der Waals surface area (Å²) < 4.78 is 0. The van der Waals surface area contributed by atoms with Crippen molar-refractivity contribution in [3.8, 4) is 0 Å². The third kappa shape index (κ3) is 0.698. The predicted octanol–water partition coefficient (Wildman–Crippen LogP) is -0.661. The molecule has 6 heavy (non-hydrogen) atoms. The first-order chi connectivity index (χ1) is 2.89. The van der Waals surface area contributed by atoms with Crippen LogP contribution in [0.2, 0.25) is 0 Å². The number of rotatable bonds is 0. The van der Waals surface area contributed by atoms with Crippen LogP contribution >= 0.6 is 0 Å². The van der Waals surface area contributed by atoms with Crippen LogP contribution in [0, 0.1) is 6.92 Å². The van der Waals surface area contributed by atoms with Gasteiger partial charge in [0.05, 0.1) is 6.17 Å². The second kappa shape index (κ2) is 1.58. The molecule has 0 aliphatic carbocycles. The first-order valence-electron chi connectivity index (χ1n) is 2.19. The van der Waals surface area contributed by atoms with Gasteiger partial charge < -0.3 is 10.6 Å². The maximum atomic E-state index is 3.72. The largest absolute Gasteiger partial charge is 0.301 e. The normalized spacial score (nSPS) is 25.5. The lowest BCUT2D eigenvalue weighted by Crippen LogP contribution is -2.26. The first kappa shape index (κ1) is 4.09. The van der Waals surface area contributed by atoms with Crippen LogP contribution in [0.15, 0.2) is 0 Å². The minimum Gasteiger partial charge on any atom is -0.301 e. The van der Waals surface area contributed by atoms with E-state index in [1.54, 1.807) is 0 Å². The van der Waals surface area contributed by atoms with E-state index in [-0.39, 0.29) is 0 Å². The summed E-state index contributed by atoms with van der Waals surface area (Å²) in [6, 6.07) is 0. The van der Waals surface area contributed by atoms with Crippen LogP contribution in [0.4, 0.5) is 0 Å². The summed E-state index contributed by atoms with van der Waals surface area (Å²) in [5, 5.41) is 6.19. The molecule has 1 fully saturated rings. The van der Waals surface area contributed by atoms with Crippen LogP contribution < -0.4 is 10.6 Å². The van der Waals surface area contributed by atoms with Gasteiger partial charge in [0.25, 0.3) is 0 Å². The van der Waals surface area contributed by atoms with Crippen LogP contribution in [0.1, 0.15) is 0 Å². The summed E-state index contributed by atoms with van der Waals surface area (Å²) in [6.07, 6.45) is 0.296. The highest BCUT2D eigenvalue weighted by Gasteiger charge is 2.03. The van der Waals surface area contributed by atoms with Crippen molar-refractivity contribution in [1.29, 1.82) is 0 Å². The van der Waals surface area contributed by atoms with E-state index in [1.807, 2.05) is 0 Å². The average Bonchev–Trinajstić information content (AvgIpc) is 1.86. The molecule has 2 heteroatoms. The highest BCUT2D eigenvalue weighted by atomic mass is 15.2. The molecule has 1 saturated heterocycles. The highest BCUT2D eigenvalue weighted by Crippen LogP contribution is 1.77. The van der Waals surface area contributed by atoms with Crippen LogP contribution in [-0.2, 0) is 0 Å². The molecular formula is C4H9N2. The Kier molecular flexibility index (Phi) is 1.08. The molecule has 1 aliphatic heterocycles. The Balaban J connectivity index is 2.18. The highest BCUT2D eigenvalue weighted by molar-refractivity contribution is 4.73. The lowest BCUT2D eigenvalue weighted by atomic mass is 10.6. The van der Waals surface area contributed by atoms with Gasteiger partial charge in [0.1, 0.15) is 0 Å². The minimum absolute atomic E-state index is 0.296. The molecule has 0 bridgehead atoms. The Bertz CT molecular complexity index is 38.8. The van der Waals surface area contributed by atoms with Gasteiger partial charge in [0, 0.05) is 13.1 Å². The van der Waals surface area contributed by atoms with Crippen molar-refractivity contribution in [1.82, 2.24) is 10.6 Å². The zero-order valence-corrected chi connectivity index (χ0v) is 3.70. The Morgan fingerprint density at radius 2 is 1.83 bits per heavy atom. The van der Waals surface area contributed by atoms with Crippen molar-refractivity contribution < 1.29 is 0 Å². The van der Waals surface area contributed by atoms with Gasteiger partial charge in [0.2, 0.25) is 0 Å². The predicted molar refractivity (Wildman–Crippen MR) is 25.2 cm³/mol. The van der Waals surface area contributed by atoms with Gasteiger partial charge in [-0.2, -0.15) is 0 Å². The fourth-order valence-electron chi connectivity index (χ4n) is 0.565. The standard InChI is InChI=1S/C4H9N2/c1-4-5-2-3-6-4/h4-6H,1-3H2. The van der Waals surface area contributed by atoms with Crippen molar-refractivity contribution in [3.05, 3.63) is 6.92 Å². The summed E-state index contributed by atoms with van der Waals surface area (Å²) in [5.74, 6) is 0. The van der Waals surface area contributed by atoms with Crippen LogP contribution in [0.25, 0.3) is 0 Å². The van der Waals surface area contributed by atoms with Gasteiger partial charge in [-0.3, -0.25) is 0 Å². The topological polar surface area (TPSA) is 24.1 Å². The van der Waals surface area contributed by atoms with Crippen LogP contribution in [-0.4, -0.2) is 19.3 Å². The maximum absolute atomic E-state index is 3.72. The van der Waals surface area contributed by atoms with Crippen LogP contribution in [0.3, 0.4) is 0 Å². The van der Waals surface area contributed by atoms with Crippen molar-refractivity contribution in [2.45, 2.75) is 6.17 Å². The summed E-state index contributed by atoms with van der Waals surface area (Å²) in [4.78, 5) is 0. The monoisotopic (exact) mass is 85.1 g/mol.